The monoisotopic (exact) mass is 215 g/mol. The first-order chi connectivity index (χ1) is 5.09. The van der Waals surface area contributed by atoms with Crippen molar-refractivity contribution >= 4 is 28.5 Å². The summed E-state index contributed by atoms with van der Waals surface area (Å²) in [5.41, 5.74) is 1.20. The molecule has 1 aromatic heterocycles. The third kappa shape index (κ3) is 2.29. The molecule has 0 aliphatic rings. The molecule has 3 nitrogen and oxygen atoms in total. The van der Waals surface area contributed by atoms with Crippen LogP contribution in [0.4, 0.5) is 0 Å². The van der Waals surface area contributed by atoms with E-state index in [-0.39, 0.29) is 0 Å². The molecular formula is C6H7BBrNO2. The highest BCUT2D eigenvalue weighted by Gasteiger charge is 2.11. The van der Waals surface area contributed by atoms with Gasteiger partial charge in [0.15, 0.2) is 0 Å². The van der Waals surface area contributed by atoms with Crippen LogP contribution in [-0.4, -0.2) is 22.2 Å². The maximum absolute atomic E-state index is 8.78. The second-order valence-electron chi connectivity index (χ2n) is 2.24. The molecule has 5 heteroatoms. The van der Waals surface area contributed by atoms with Gasteiger partial charge in [-0.1, -0.05) is 0 Å². The van der Waals surface area contributed by atoms with Crippen LogP contribution in [0.25, 0.3) is 0 Å². The Morgan fingerprint density at radius 1 is 1.45 bits per heavy atom. The fraction of sp³-hybridized carbons (Fsp3) is 0.167. The number of pyridine rings is 1. The van der Waals surface area contributed by atoms with Crippen LogP contribution < -0.4 is 5.46 Å². The molecule has 0 fully saturated rings. The number of aromatic nitrogens is 1. The molecule has 2 N–H and O–H groups in total. The van der Waals surface area contributed by atoms with Crippen LogP contribution in [0, 0.1) is 6.92 Å². The summed E-state index contributed by atoms with van der Waals surface area (Å²) in [5, 5.41) is 17.6. The van der Waals surface area contributed by atoms with E-state index in [9.17, 15) is 0 Å². The number of rotatable bonds is 1. The summed E-state index contributed by atoms with van der Waals surface area (Å²) in [4.78, 5) is 4.01. The molecule has 0 radical (unpaired) electrons. The Hall–Kier alpha value is -0.385. The standard InChI is InChI=1S/C6H7BBrNO2/c1-4-2-5(7(10)11)3-6(8)9-4/h2-3,10-11H,1H3. The van der Waals surface area contributed by atoms with Crippen LogP contribution in [0.2, 0.25) is 0 Å². The maximum Gasteiger partial charge on any atom is 0.488 e. The summed E-state index contributed by atoms with van der Waals surface area (Å²) in [6.45, 7) is 1.79. The quantitative estimate of drug-likeness (QED) is 0.506. The van der Waals surface area contributed by atoms with Gasteiger partial charge in [0.05, 0.1) is 0 Å². The first kappa shape index (κ1) is 8.71. The Morgan fingerprint density at radius 3 is 2.55 bits per heavy atom. The Morgan fingerprint density at radius 2 is 2.09 bits per heavy atom. The largest absolute Gasteiger partial charge is 0.488 e. The first-order valence-corrected chi connectivity index (χ1v) is 3.89. The van der Waals surface area contributed by atoms with E-state index in [1.807, 2.05) is 0 Å². The molecule has 0 aliphatic carbocycles. The van der Waals surface area contributed by atoms with Gasteiger partial charge in [0, 0.05) is 5.69 Å². The Kier molecular flexibility index (Phi) is 2.65. The second-order valence-corrected chi connectivity index (χ2v) is 3.05. The fourth-order valence-corrected chi connectivity index (χ4v) is 1.35. The van der Waals surface area contributed by atoms with Crippen LogP contribution in [-0.2, 0) is 0 Å². The van der Waals surface area contributed by atoms with Gasteiger partial charge in [0.25, 0.3) is 0 Å². The topological polar surface area (TPSA) is 53.4 Å². The van der Waals surface area contributed by atoms with Crippen molar-refractivity contribution in [1.82, 2.24) is 4.98 Å². The molecule has 0 spiro atoms. The van der Waals surface area contributed by atoms with E-state index in [0.717, 1.165) is 5.69 Å². The highest BCUT2D eigenvalue weighted by Crippen LogP contribution is 2.03. The van der Waals surface area contributed by atoms with Gasteiger partial charge in [0.1, 0.15) is 4.60 Å². The summed E-state index contributed by atoms with van der Waals surface area (Å²) in [6.07, 6.45) is 0. The SMILES string of the molecule is Cc1cc(B(O)O)cc(Br)n1. The normalized spacial score (nSPS) is 9.82. The smallest absolute Gasteiger partial charge is 0.423 e. The Balaban J connectivity index is 3.08. The molecule has 0 aliphatic heterocycles. The summed E-state index contributed by atoms with van der Waals surface area (Å²) < 4.78 is 0.612. The zero-order valence-electron chi connectivity index (χ0n) is 5.95. The summed E-state index contributed by atoms with van der Waals surface area (Å²) >= 11 is 3.15. The van der Waals surface area contributed by atoms with Crippen molar-refractivity contribution in [3.63, 3.8) is 0 Å². The van der Waals surface area contributed by atoms with E-state index in [2.05, 4.69) is 20.9 Å². The number of hydrogen-bond acceptors (Lipinski definition) is 3. The van der Waals surface area contributed by atoms with E-state index < -0.39 is 7.12 Å². The molecule has 0 aromatic carbocycles. The molecule has 0 atom stereocenters. The van der Waals surface area contributed by atoms with Crippen molar-refractivity contribution in [2.45, 2.75) is 6.92 Å². The minimum atomic E-state index is -1.42. The summed E-state index contributed by atoms with van der Waals surface area (Å²) in [6, 6.07) is 3.19. The molecule has 0 amide bonds. The minimum Gasteiger partial charge on any atom is -0.423 e. The lowest BCUT2D eigenvalue weighted by atomic mass is 9.81. The Labute approximate surface area is 73.4 Å². The lowest BCUT2D eigenvalue weighted by Gasteiger charge is -2.00. The van der Waals surface area contributed by atoms with E-state index in [0.29, 0.717) is 10.1 Å². The van der Waals surface area contributed by atoms with Gasteiger partial charge in [-0.2, -0.15) is 0 Å². The minimum absolute atomic E-state index is 0.448. The molecule has 1 heterocycles. The van der Waals surface area contributed by atoms with Crippen LogP contribution in [0.5, 0.6) is 0 Å². The molecule has 0 bridgehead atoms. The second kappa shape index (κ2) is 3.34. The zero-order chi connectivity index (χ0) is 8.43. The average Bonchev–Trinajstić information content (AvgIpc) is 1.85. The van der Waals surface area contributed by atoms with Crippen molar-refractivity contribution in [1.29, 1.82) is 0 Å². The number of halogens is 1. The maximum atomic E-state index is 8.78. The Bertz CT molecular complexity index is 247. The van der Waals surface area contributed by atoms with Crippen molar-refractivity contribution < 1.29 is 10.0 Å². The highest BCUT2D eigenvalue weighted by atomic mass is 79.9. The molecule has 1 rings (SSSR count). The molecule has 0 saturated heterocycles. The first-order valence-electron chi connectivity index (χ1n) is 3.10. The van der Waals surface area contributed by atoms with Crippen molar-refractivity contribution in [2.24, 2.45) is 0 Å². The van der Waals surface area contributed by atoms with Gasteiger partial charge < -0.3 is 10.0 Å². The van der Waals surface area contributed by atoms with E-state index in [1.165, 1.54) is 0 Å². The van der Waals surface area contributed by atoms with Gasteiger partial charge in [0.2, 0.25) is 0 Å². The van der Waals surface area contributed by atoms with Gasteiger partial charge in [-0.25, -0.2) is 4.98 Å². The fourth-order valence-electron chi connectivity index (χ4n) is 0.802. The van der Waals surface area contributed by atoms with Crippen LogP contribution in [0.1, 0.15) is 5.69 Å². The predicted octanol–water partition coefficient (Wildman–Crippen LogP) is -0.168. The van der Waals surface area contributed by atoms with Crippen molar-refractivity contribution in [3.8, 4) is 0 Å². The van der Waals surface area contributed by atoms with Gasteiger partial charge >= 0.3 is 7.12 Å². The van der Waals surface area contributed by atoms with Gasteiger partial charge in [-0.3, -0.25) is 0 Å². The molecule has 11 heavy (non-hydrogen) atoms. The number of aryl methyl sites for hydroxylation is 1. The zero-order valence-corrected chi connectivity index (χ0v) is 7.54. The predicted molar refractivity (Wildman–Crippen MR) is 46.5 cm³/mol. The van der Waals surface area contributed by atoms with Crippen LogP contribution >= 0.6 is 15.9 Å². The van der Waals surface area contributed by atoms with Crippen molar-refractivity contribution in [2.75, 3.05) is 0 Å². The van der Waals surface area contributed by atoms with Crippen LogP contribution in [0.3, 0.4) is 0 Å². The van der Waals surface area contributed by atoms with E-state index in [4.69, 9.17) is 10.0 Å². The van der Waals surface area contributed by atoms with E-state index >= 15 is 0 Å². The number of hydrogen-bond donors (Lipinski definition) is 2. The summed E-state index contributed by atoms with van der Waals surface area (Å²) in [7, 11) is -1.42. The average molecular weight is 216 g/mol. The van der Waals surface area contributed by atoms with Gasteiger partial charge in [-0.05, 0) is 40.4 Å². The number of nitrogens with zero attached hydrogens (tertiary/aromatic N) is 1. The molecular weight excluding hydrogens is 209 g/mol. The van der Waals surface area contributed by atoms with E-state index in [1.54, 1.807) is 19.1 Å². The highest BCUT2D eigenvalue weighted by molar-refractivity contribution is 9.10. The third-order valence-electron chi connectivity index (χ3n) is 1.24. The molecule has 0 unspecified atom stereocenters. The molecule has 0 saturated carbocycles. The lowest BCUT2D eigenvalue weighted by molar-refractivity contribution is 0.425. The van der Waals surface area contributed by atoms with Gasteiger partial charge in [-0.15, -0.1) is 0 Å². The van der Waals surface area contributed by atoms with Crippen LogP contribution in [0.15, 0.2) is 16.7 Å². The lowest BCUT2D eigenvalue weighted by Crippen LogP contribution is -2.30. The van der Waals surface area contributed by atoms with Crippen molar-refractivity contribution in [3.05, 3.63) is 22.4 Å². The molecule has 1 aromatic rings. The molecule has 58 valence electrons. The third-order valence-corrected chi connectivity index (χ3v) is 1.65. The summed E-state index contributed by atoms with van der Waals surface area (Å²) in [5.74, 6) is 0.